The first-order valence-corrected chi connectivity index (χ1v) is 6.52. The van der Waals surface area contributed by atoms with Crippen LogP contribution >= 0.6 is 0 Å². The number of anilines is 2. The summed E-state index contributed by atoms with van der Waals surface area (Å²) in [5.74, 6) is 0.958. The molecule has 0 heterocycles. The number of benzene rings is 2. The Kier molecular flexibility index (Phi) is 4.66. The predicted molar refractivity (Wildman–Crippen MR) is 82.7 cm³/mol. The average molecular weight is 286 g/mol. The number of rotatable bonds is 5. The lowest BCUT2D eigenvalue weighted by Gasteiger charge is -2.11. The molecule has 0 aliphatic rings. The van der Waals surface area contributed by atoms with Gasteiger partial charge in [0.2, 0.25) is 0 Å². The molecule has 2 aromatic rings. The van der Waals surface area contributed by atoms with E-state index in [4.69, 9.17) is 15.2 Å². The molecule has 3 N–H and O–H groups in total. The van der Waals surface area contributed by atoms with Crippen molar-refractivity contribution in [1.29, 1.82) is 0 Å². The SMILES string of the molecule is COc1ccccc1NC(=O)COc1ccc(N)c(C)c1. The molecule has 0 unspecified atom stereocenters. The maximum atomic E-state index is 11.9. The molecule has 0 aliphatic carbocycles. The Bertz CT molecular complexity index is 641. The Morgan fingerprint density at radius 3 is 2.71 bits per heavy atom. The fraction of sp³-hybridized carbons (Fsp3) is 0.188. The van der Waals surface area contributed by atoms with Crippen molar-refractivity contribution in [3.05, 3.63) is 48.0 Å². The number of nitrogen functional groups attached to an aromatic ring is 1. The summed E-state index contributed by atoms with van der Waals surface area (Å²) >= 11 is 0. The van der Waals surface area contributed by atoms with Gasteiger partial charge in [-0.15, -0.1) is 0 Å². The van der Waals surface area contributed by atoms with Crippen LogP contribution in [-0.4, -0.2) is 19.6 Å². The number of hydrogen-bond acceptors (Lipinski definition) is 4. The molecule has 2 aromatic carbocycles. The first-order chi connectivity index (χ1) is 10.1. The van der Waals surface area contributed by atoms with Crippen molar-refractivity contribution >= 4 is 17.3 Å². The minimum Gasteiger partial charge on any atom is -0.495 e. The number of nitrogens with one attached hydrogen (secondary N) is 1. The topological polar surface area (TPSA) is 73.6 Å². The van der Waals surface area contributed by atoms with E-state index in [2.05, 4.69) is 5.32 Å². The van der Waals surface area contributed by atoms with Crippen molar-refractivity contribution in [1.82, 2.24) is 0 Å². The largest absolute Gasteiger partial charge is 0.495 e. The van der Waals surface area contributed by atoms with Gasteiger partial charge in [-0.1, -0.05) is 12.1 Å². The van der Waals surface area contributed by atoms with Gasteiger partial charge in [0.1, 0.15) is 11.5 Å². The number of para-hydroxylation sites is 2. The molecule has 0 saturated carbocycles. The fourth-order valence-electron chi connectivity index (χ4n) is 1.82. The van der Waals surface area contributed by atoms with Gasteiger partial charge in [-0.2, -0.15) is 0 Å². The fourth-order valence-corrected chi connectivity index (χ4v) is 1.82. The summed E-state index contributed by atoms with van der Waals surface area (Å²) in [5, 5.41) is 2.74. The number of carbonyl (C=O) groups is 1. The van der Waals surface area contributed by atoms with Crippen LogP contribution in [0.4, 0.5) is 11.4 Å². The summed E-state index contributed by atoms with van der Waals surface area (Å²) in [4.78, 5) is 11.9. The molecule has 21 heavy (non-hydrogen) atoms. The van der Waals surface area contributed by atoms with Crippen LogP contribution in [0.15, 0.2) is 42.5 Å². The molecule has 5 heteroatoms. The van der Waals surface area contributed by atoms with Gasteiger partial charge in [0.05, 0.1) is 12.8 Å². The van der Waals surface area contributed by atoms with E-state index in [9.17, 15) is 4.79 Å². The van der Waals surface area contributed by atoms with Crippen LogP contribution in [0.3, 0.4) is 0 Å². The van der Waals surface area contributed by atoms with Crippen LogP contribution in [-0.2, 0) is 4.79 Å². The van der Waals surface area contributed by atoms with Crippen molar-refractivity contribution in [3.63, 3.8) is 0 Å². The van der Waals surface area contributed by atoms with Crippen LogP contribution in [0.1, 0.15) is 5.56 Å². The van der Waals surface area contributed by atoms with Crippen LogP contribution in [0, 0.1) is 6.92 Å². The quantitative estimate of drug-likeness (QED) is 0.829. The standard InChI is InChI=1S/C16H18N2O3/c1-11-9-12(7-8-13(11)17)21-10-16(19)18-14-5-3-4-6-15(14)20-2/h3-9H,10,17H2,1-2H3,(H,18,19). The van der Waals surface area contributed by atoms with E-state index in [1.54, 1.807) is 37.4 Å². The molecular weight excluding hydrogens is 268 g/mol. The van der Waals surface area contributed by atoms with E-state index in [0.29, 0.717) is 22.9 Å². The Morgan fingerprint density at radius 2 is 2.00 bits per heavy atom. The molecule has 0 aromatic heterocycles. The number of ether oxygens (including phenoxy) is 2. The lowest BCUT2D eigenvalue weighted by atomic mass is 10.2. The molecule has 2 rings (SSSR count). The van der Waals surface area contributed by atoms with E-state index in [0.717, 1.165) is 5.56 Å². The van der Waals surface area contributed by atoms with Gasteiger partial charge in [0.25, 0.3) is 5.91 Å². The van der Waals surface area contributed by atoms with Crippen molar-refractivity contribution < 1.29 is 14.3 Å². The zero-order valence-electron chi connectivity index (χ0n) is 12.1. The molecule has 0 radical (unpaired) electrons. The monoisotopic (exact) mass is 286 g/mol. The van der Waals surface area contributed by atoms with Crippen LogP contribution in [0.2, 0.25) is 0 Å². The maximum absolute atomic E-state index is 11.9. The van der Waals surface area contributed by atoms with Crippen molar-refractivity contribution in [3.8, 4) is 11.5 Å². The zero-order valence-corrected chi connectivity index (χ0v) is 12.1. The third-order valence-electron chi connectivity index (χ3n) is 2.99. The van der Waals surface area contributed by atoms with Crippen LogP contribution < -0.4 is 20.5 Å². The number of nitrogens with two attached hydrogens (primary N) is 1. The highest BCUT2D eigenvalue weighted by atomic mass is 16.5. The maximum Gasteiger partial charge on any atom is 0.262 e. The van der Waals surface area contributed by atoms with Gasteiger partial charge >= 0.3 is 0 Å². The summed E-state index contributed by atoms with van der Waals surface area (Å²) in [6.07, 6.45) is 0. The molecule has 5 nitrogen and oxygen atoms in total. The summed E-state index contributed by atoms with van der Waals surface area (Å²) < 4.78 is 10.6. The molecule has 0 spiro atoms. The summed E-state index contributed by atoms with van der Waals surface area (Å²) in [6.45, 7) is 1.80. The molecule has 0 fully saturated rings. The molecule has 1 amide bonds. The second kappa shape index (κ2) is 6.65. The van der Waals surface area contributed by atoms with E-state index in [1.165, 1.54) is 0 Å². The van der Waals surface area contributed by atoms with Gasteiger partial charge in [0.15, 0.2) is 6.61 Å². The highest BCUT2D eigenvalue weighted by Gasteiger charge is 2.08. The Labute approximate surface area is 123 Å². The lowest BCUT2D eigenvalue weighted by Crippen LogP contribution is -2.20. The average Bonchev–Trinajstić information content (AvgIpc) is 2.49. The lowest BCUT2D eigenvalue weighted by molar-refractivity contribution is -0.118. The third kappa shape index (κ3) is 3.89. The van der Waals surface area contributed by atoms with Crippen molar-refractivity contribution in [2.24, 2.45) is 0 Å². The second-order valence-corrected chi connectivity index (χ2v) is 4.56. The minimum absolute atomic E-state index is 0.0819. The highest BCUT2D eigenvalue weighted by molar-refractivity contribution is 5.93. The van der Waals surface area contributed by atoms with Crippen molar-refractivity contribution in [2.75, 3.05) is 24.8 Å². The number of carbonyl (C=O) groups excluding carboxylic acids is 1. The minimum atomic E-state index is -0.256. The van der Waals surface area contributed by atoms with E-state index >= 15 is 0 Å². The summed E-state index contributed by atoms with van der Waals surface area (Å²) in [6, 6.07) is 12.5. The Hall–Kier alpha value is -2.69. The molecule has 0 saturated heterocycles. The molecule has 0 atom stereocenters. The zero-order chi connectivity index (χ0) is 15.2. The predicted octanol–water partition coefficient (Wildman–Crippen LogP) is 2.60. The number of methoxy groups -OCH3 is 1. The normalized spacial score (nSPS) is 10.0. The first kappa shape index (κ1) is 14.7. The van der Waals surface area contributed by atoms with Crippen LogP contribution in [0.25, 0.3) is 0 Å². The van der Waals surface area contributed by atoms with E-state index in [1.807, 2.05) is 19.1 Å². The highest BCUT2D eigenvalue weighted by Crippen LogP contribution is 2.23. The Balaban J connectivity index is 1.94. The van der Waals surface area contributed by atoms with E-state index < -0.39 is 0 Å². The molecule has 0 aliphatic heterocycles. The second-order valence-electron chi connectivity index (χ2n) is 4.56. The summed E-state index contributed by atoms with van der Waals surface area (Å²) in [5.41, 5.74) is 7.95. The van der Waals surface area contributed by atoms with Gasteiger partial charge in [0, 0.05) is 5.69 Å². The third-order valence-corrected chi connectivity index (χ3v) is 2.99. The number of hydrogen-bond donors (Lipinski definition) is 2. The van der Waals surface area contributed by atoms with Gasteiger partial charge in [-0.05, 0) is 42.8 Å². The molecular formula is C16H18N2O3. The van der Waals surface area contributed by atoms with Gasteiger partial charge < -0.3 is 20.5 Å². The Morgan fingerprint density at radius 1 is 1.24 bits per heavy atom. The molecule has 110 valence electrons. The first-order valence-electron chi connectivity index (χ1n) is 6.52. The smallest absolute Gasteiger partial charge is 0.262 e. The van der Waals surface area contributed by atoms with E-state index in [-0.39, 0.29) is 12.5 Å². The summed E-state index contributed by atoms with van der Waals surface area (Å²) in [7, 11) is 1.55. The van der Waals surface area contributed by atoms with Crippen molar-refractivity contribution in [2.45, 2.75) is 6.92 Å². The van der Waals surface area contributed by atoms with Crippen LogP contribution in [0.5, 0.6) is 11.5 Å². The van der Waals surface area contributed by atoms with Gasteiger partial charge in [-0.3, -0.25) is 4.79 Å². The molecule has 0 bridgehead atoms. The number of aryl methyl sites for hydroxylation is 1. The van der Waals surface area contributed by atoms with Gasteiger partial charge in [-0.25, -0.2) is 0 Å². The number of amides is 1.